The first-order valence-electron chi connectivity index (χ1n) is 15.2. The van der Waals surface area contributed by atoms with Crippen LogP contribution in [0.15, 0.2) is 48.1 Å². The Morgan fingerprint density at radius 3 is 2.44 bits per heavy atom. The molecule has 1 atom stereocenters. The third-order valence-corrected chi connectivity index (χ3v) is 7.84. The van der Waals surface area contributed by atoms with Crippen molar-refractivity contribution < 1.29 is 4.79 Å². The minimum absolute atomic E-state index is 0.872. The number of unbranched alkanes of at least 4 members (excludes halogenated alkanes) is 1. The summed E-state index contributed by atoms with van der Waals surface area (Å²) in [5, 5.41) is 4.66. The molecule has 226 valence electrons. The lowest BCUT2D eigenvalue weighted by atomic mass is 9.93. The van der Waals surface area contributed by atoms with Crippen molar-refractivity contribution in [3.63, 3.8) is 0 Å². The summed E-state index contributed by atoms with van der Waals surface area (Å²) in [6.07, 6.45) is 9.37. The van der Waals surface area contributed by atoms with E-state index in [0.29, 0.717) is 0 Å². The lowest BCUT2D eigenvalue weighted by Gasteiger charge is -2.21. The molecule has 5 rings (SSSR count). The average Bonchev–Trinajstić information content (AvgIpc) is 3.67. The molecule has 0 spiro atoms. The topological polar surface area (TPSA) is 73.9 Å². The molecular weight excluding hydrogens is 526 g/mol. The molecule has 7 heteroatoms. The molecule has 0 saturated heterocycles. The van der Waals surface area contributed by atoms with Crippen LogP contribution in [0.1, 0.15) is 86.8 Å². The number of nitrogens with one attached hydrogen (secondary N) is 2. The van der Waals surface area contributed by atoms with Gasteiger partial charge in [0.25, 0.3) is 0 Å². The Balaban J connectivity index is 0.000000477. The third kappa shape index (κ3) is 11.0. The first kappa shape index (κ1) is 36.0. The SMILES string of the molecule is C=O.CC.CC.CCCCC(C)C(C)C.CN1CC=C(c2cc3c(Nc4ccc5ncsc5c4)ccnc3[nH]2)CC1. The smallest absolute Gasteiger partial charge is 0.139 e. The second-order valence-corrected chi connectivity index (χ2v) is 11.0. The number of hydrogen-bond donors (Lipinski definition) is 2. The largest absolute Gasteiger partial charge is 0.355 e. The Morgan fingerprint density at radius 1 is 1.07 bits per heavy atom. The van der Waals surface area contributed by atoms with Crippen LogP contribution >= 0.6 is 11.3 Å². The number of H-pyrrole nitrogens is 1. The molecule has 1 aliphatic heterocycles. The fourth-order valence-corrected chi connectivity index (χ4v) is 4.99. The number of carbonyl (C=O) groups is 1. The molecule has 6 nitrogen and oxygen atoms in total. The molecule has 0 bridgehead atoms. The molecule has 0 aliphatic carbocycles. The number of rotatable bonds is 7. The minimum Gasteiger partial charge on any atom is -0.355 e. The minimum atomic E-state index is 0.872. The van der Waals surface area contributed by atoms with Crippen LogP contribution in [-0.2, 0) is 4.79 Å². The number of carbonyl (C=O) groups excluding carboxylic acids is 1. The molecule has 4 aromatic rings. The molecule has 0 fully saturated rings. The molecule has 4 heterocycles. The molecular formula is C34H53N5OS. The summed E-state index contributed by atoms with van der Waals surface area (Å²) >= 11 is 1.66. The van der Waals surface area contributed by atoms with E-state index in [1.54, 1.807) is 11.3 Å². The number of likely N-dealkylation sites (N-methyl/N-ethyl adjacent to an activating group) is 1. The van der Waals surface area contributed by atoms with Crippen LogP contribution in [0.2, 0.25) is 0 Å². The Bertz CT molecular complexity index is 1290. The fraction of sp³-hybridized carbons (Fsp3) is 0.500. The van der Waals surface area contributed by atoms with Crippen LogP contribution in [0.25, 0.3) is 26.8 Å². The van der Waals surface area contributed by atoms with Crippen molar-refractivity contribution >= 4 is 56.3 Å². The van der Waals surface area contributed by atoms with Gasteiger partial charge in [0.05, 0.1) is 21.4 Å². The van der Waals surface area contributed by atoms with Gasteiger partial charge in [-0.25, -0.2) is 9.97 Å². The highest BCUT2D eigenvalue weighted by Crippen LogP contribution is 2.31. The summed E-state index contributed by atoms with van der Waals surface area (Å²) in [5.74, 6) is 1.79. The number of fused-ring (bicyclic) bond motifs is 2. The first-order valence-corrected chi connectivity index (χ1v) is 16.1. The van der Waals surface area contributed by atoms with E-state index in [0.717, 1.165) is 59.3 Å². The zero-order chi connectivity index (χ0) is 30.8. The predicted molar refractivity (Wildman–Crippen MR) is 182 cm³/mol. The van der Waals surface area contributed by atoms with Gasteiger partial charge in [0, 0.05) is 36.1 Å². The quantitative estimate of drug-likeness (QED) is 0.228. The van der Waals surface area contributed by atoms with Crippen LogP contribution in [0, 0.1) is 11.8 Å². The maximum Gasteiger partial charge on any atom is 0.139 e. The molecule has 0 saturated carbocycles. The van der Waals surface area contributed by atoms with E-state index < -0.39 is 0 Å². The number of anilines is 2. The van der Waals surface area contributed by atoms with Crippen molar-refractivity contribution in [2.75, 3.05) is 25.5 Å². The molecule has 0 amide bonds. The highest BCUT2D eigenvalue weighted by molar-refractivity contribution is 7.16. The summed E-state index contributed by atoms with van der Waals surface area (Å²) in [6.45, 7) is 21.3. The van der Waals surface area contributed by atoms with Gasteiger partial charge < -0.3 is 20.0 Å². The second kappa shape index (κ2) is 19.9. The van der Waals surface area contributed by atoms with Gasteiger partial charge in [-0.15, -0.1) is 11.3 Å². The zero-order valence-corrected chi connectivity index (χ0v) is 27.7. The lowest BCUT2D eigenvalue weighted by molar-refractivity contribution is -0.0980. The van der Waals surface area contributed by atoms with Crippen molar-refractivity contribution in [2.24, 2.45) is 11.8 Å². The maximum atomic E-state index is 8.00. The molecule has 41 heavy (non-hydrogen) atoms. The van der Waals surface area contributed by atoms with Crippen LogP contribution in [0.5, 0.6) is 0 Å². The number of benzene rings is 1. The number of hydrogen-bond acceptors (Lipinski definition) is 6. The molecule has 1 unspecified atom stereocenters. The summed E-state index contributed by atoms with van der Waals surface area (Å²) in [7, 11) is 2.15. The Labute approximate surface area is 252 Å². The van der Waals surface area contributed by atoms with Gasteiger partial charge in [-0.05, 0) is 61.2 Å². The van der Waals surface area contributed by atoms with E-state index in [1.165, 1.54) is 35.2 Å². The van der Waals surface area contributed by atoms with Gasteiger partial charge >= 0.3 is 0 Å². The predicted octanol–water partition coefficient (Wildman–Crippen LogP) is 9.97. The molecule has 1 aliphatic rings. The Morgan fingerprint density at radius 2 is 1.80 bits per heavy atom. The number of aromatic nitrogens is 3. The summed E-state index contributed by atoms with van der Waals surface area (Å²) in [6, 6.07) is 10.5. The van der Waals surface area contributed by atoms with Gasteiger partial charge in [0.15, 0.2) is 0 Å². The average molecular weight is 580 g/mol. The molecule has 0 radical (unpaired) electrons. The normalized spacial score (nSPS) is 13.4. The van der Waals surface area contributed by atoms with E-state index in [1.807, 2.05) is 52.3 Å². The van der Waals surface area contributed by atoms with Gasteiger partial charge in [-0.3, -0.25) is 0 Å². The van der Waals surface area contributed by atoms with Gasteiger partial charge in [0.2, 0.25) is 0 Å². The third-order valence-electron chi connectivity index (χ3n) is 7.05. The van der Waals surface area contributed by atoms with Crippen molar-refractivity contribution in [2.45, 2.75) is 81.1 Å². The van der Waals surface area contributed by atoms with Crippen LogP contribution in [0.4, 0.5) is 11.4 Å². The van der Waals surface area contributed by atoms with Crippen molar-refractivity contribution in [1.29, 1.82) is 0 Å². The highest BCUT2D eigenvalue weighted by atomic mass is 32.1. The van der Waals surface area contributed by atoms with Crippen molar-refractivity contribution in [3.8, 4) is 0 Å². The Hall–Kier alpha value is -3.03. The van der Waals surface area contributed by atoms with E-state index in [9.17, 15) is 0 Å². The van der Waals surface area contributed by atoms with Gasteiger partial charge in [0.1, 0.15) is 12.4 Å². The summed E-state index contributed by atoms with van der Waals surface area (Å²) in [5.41, 5.74) is 8.52. The van der Waals surface area contributed by atoms with E-state index >= 15 is 0 Å². The van der Waals surface area contributed by atoms with Crippen LogP contribution < -0.4 is 5.32 Å². The van der Waals surface area contributed by atoms with Crippen molar-refractivity contribution in [1.82, 2.24) is 19.9 Å². The lowest BCUT2D eigenvalue weighted by Crippen LogP contribution is -2.23. The van der Waals surface area contributed by atoms with E-state index in [4.69, 9.17) is 4.79 Å². The van der Waals surface area contributed by atoms with Crippen molar-refractivity contribution in [3.05, 3.63) is 53.8 Å². The second-order valence-electron chi connectivity index (χ2n) is 10.1. The maximum absolute atomic E-state index is 8.00. The number of aromatic amines is 1. The standard InChI is InChI=1S/C20H19N5S.C9H20.2C2H6.CH2O/c1-25-8-5-13(6-9-25)18-11-15-16(4-7-21-20(15)24-18)23-14-2-3-17-19(10-14)26-12-22-17;1-5-6-7-9(4)8(2)3;3*1-2/h2-5,7,10-12H,6,8-9H2,1H3,(H2,21,23,24);8-9H,5-7H2,1-4H3;2*1-2H3;1H2. The van der Waals surface area contributed by atoms with Gasteiger partial charge in [-0.1, -0.05) is 80.7 Å². The summed E-state index contributed by atoms with van der Waals surface area (Å²) < 4.78 is 1.19. The first-order chi connectivity index (χ1) is 19.9. The van der Waals surface area contributed by atoms with E-state index in [2.05, 4.69) is 90.3 Å². The monoisotopic (exact) mass is 579 g/mol. The summed E-state index contributed by atoms with van der Waals surface area (Å²) in [4.78, 5) is 22.7. The zero-order valence-electron chi connectivity index (χ0n) is 26.9. The highest BCUT2D eigenvalue weighted by Gasteiger charge is 2.14. The van der Waals surface area contributed by atoms with Crippen LogP contribution in [0.3, 0.4) is 0 Å². The number of nitrogens with zero attached hydrogens (tertiary/aromatic N) is 3. The number of pyridine rings is 1. The van der Waals surface area contributed by atoms with Gasteiger partial charge in [-0.2, -0.15) is 0 Å². The Kier molecular flexibility index (Phi) is 17.5. The molecule has 3 aromatic heterocycles. The molecule has 2 N–H and O–H groups in total. The number of thiazole rings is 1. The van der Waals surface area contributed by atoms with E-state index in [-0.39, 0.29) is 0 Å². The molecule has 1 aromatic carbocycles. The van der Waals surface area contributed by atoms with Crippen LogP contribution in [-0.4, -0.2) is 46.8 Å². The fourth-order valence-electron chi connectivity index (χ4n) is 4.27.